The average molecular weight is 408 g/mol. The lowest BCUT2D eigenvalue weighted by molar-refractivity contribution is -0.144. The molecular weight excluding hydrogens is 380 g/mol. The van der Waals surface area contributed by atoms with Crippen molar-refractivity contribution in [2.75, 3.05) is 13.2 Å². The van der Waals surface area contributed by atoms with Crippen LogP contribution in [0.1, 0.15) is 68.6 Å². The van der Waals surface area contributed by atoms with Crippen LogP contribution in [0.25, 0.3) is 0 Å². The van der Waals surface area contributed by atoms with Crippen molar-refractivity contribution in [2.45, 2.75) is 58.3 Å². The quantitative estimate of drug-likeness (QED) is 0.282. The summed E-state index contributed by atoms with van der Waals surface area (Å²) in [6.07, 6.45) is 4.30. The van der Waals surface area contributed by atoms with Crippen molar-refractivity contribution in [1.82, 2.24) is 0 Å². The summed E-state index contributed by atoms with van der Waals surface area (Å²) >= 11 is 0. The van der Waals surface area contributed by atoms with Crippen LogP contribution in [0, 0.1) is 0 Å². The number of carboxylic acid groups (broad SMARTS) is 1. The topological polar surface area (TPSA) is 116 Å². The summed E-state index contributed by atoms with van der Waals surface area (Å²) in [5.74, 6) is -2.02. The number of carboxylic acids is 1. The Morgan fingerprint density at radius 2 is 1.45 bits per heavy atom. The Morgan fingerprint density at radius 3 is 2.10 bits per heavy atom. The van der Waals surface area contributed by atoms with E-state index in [2.05, 4.69) is 0 Å². The van der Waals surface area contributed by atoms with E-state index in [1.54, 1.807) is 12.1 Å². The van der Waals surface area contributed by atoms with E-state index >= 15 is 0 Å². The zero-order valence-corrected chi connectivity index (χ0v) is 16.7. The van der Waals surface area contributed by atoms with Gasteiger partial charge in [0.2, 0.25) is 0 Å². The lowest BCUT2D eigenvalue weighted by Gasteiger charge is -2.09. The Bertz CT molecular complexity index is 683. The third kappa shape index (κ3) is 11.5. The standard InChI is InChI=1S/C21H28O8/c1-16(22)29-18-11-7-6-10-17(18)21(26)28-15-9-3-5-13-20(25)27-14-8-2-4-12-19(23)24/h6-7,10-11H,2-5,8-9,12-15H2,1H3,(H,23,24). The highest BCUT2D eigenvalue weighted by Crippen LogP contribution is 2.19. The maximum Gasteiger partial charge on any atom is 0.341 e. The van der Waals surface area contributed by atoms with Crippen LogP contribution in [0.4, 0.5) is 0 Å². The van der Waals surface area contributed by atoms with Gasteiger partial charge in [0.15, 0.2) is 0 Å². The molecule has 1 rings (SSSR count). The molecule has 0 aliphatic rings. The van der Waals surface area contributed by atoms with Crippen LogP contribution in [0.15, 0.2) is 24.3 Å². The number of hydrogen-bond donors (Lipinski definition) is 1. The molecule has 0 radical (unpaired) electrons. The zero-order chi connectivity index (χ0) is 21.5. The first-order valence-corrected chi connectivity index (χ1v) is 9.72. The molecule has 160 valence electrons. The van der Waals surface area contributed by atoms with Gasteiger partial charge in [0.1, 0.15) is 11.3 Å². The van der Waals surface area contributed by atoms with Gasteiger partial charge in [0.25, 0.3) is 0 Å². The van der Waals surface area contributed by atoms with Crippen LogP contribution in [-0.2, 0) is 23.9 Å². The van der Waals surface area contributed by atoms with E-state index < -0.39 is 17.9 Å². The molecule has 0 aromatic heterocycles. The second kappa shape index (κ2) is 14.1. The number of para-hydroxylation sites is 1. The maximum absolute atomic E-state index is 12.1. The predicted octanol–water partition coefficient (Wildman–Crippen LogP) is 3.52. The van der Waals surface area contributed by atoms with E-state index in [4.69, 9.17) is 19.3 Å². The number of carbonyl (C=O) groups excluding carboxylic acids is 3. The zero-order valence-electron chi connectivity index (χ0n) is 16.7. The smallest absolute Gasteiger partial charge is 0.341 e. The highest BCUT2D eigenvalue weighted by Gasteiger charge is 2.14. The normalized spacial score (nSPS) is 10.2. The molecule has 0 amide bonds. The van der Waals surface area contributed by atoms with Gasteiger partial charge < -0.3 is 19.3 Å². The summed E-state index contributed by atoms with van der Waals surface area (Å²) < 4.78 is 15.3. The molecule has 1 N–H and O–H groups in total. The first-order valence-electron chi connectivity index (χ1n) is 9.72. The second-order valence-electron chi connectivity index (χ2n) is 6.46. The van der Waals surface area contributed by atoms with E-state index in [0.29, 0.717) is 51.6 Å². The summed E-state index contributed by atoms with van der Waals surface area (Å²) in [5.41, 5.74) is 0.189. The van der Waals surface area contributed by atoms with Gasteiger partial charge in [-0.1, -0.05) is 12.1 Å². The fraction of sp³-hybridized carbons (Fsp3) is 0.524. The van der Waals surface area contributed by atoms with Crippen molar-refractivity contribution < 1.29 is 38.5 Å². The van der Waals surface area contributed by atoms with Crippen molar-refractivity contribution in [3.63, 3.8) is 0 Å². The van der Waals surface area contributed by atoms with Crippen molar-refractivity contribution in [3.8, 4) is 5.75 Å². The number of esters is 3. The number of rotatable bonds is 14. The Labute approximate surface area is 170 Å². The lowest BCUT2D eigenvalue weighted by Crippen LogP contribution is -2.11. The first kappa shape index (κ1) is 24.1. The minimum absolute atomic E-state index is 0.133. The van der Waals surface area contributed by atoms with Crippen molar-refractivity contribution in [1.29, 1.82) is 0 Å². The number of hydrogen-bond acceptors (Lipinski definition) is 7. The van der Waals surface area contributed by atoms with Crippen LogP contribution in [0.2, 0.25) is 0 Å². The molecule has 0 aliphatic heterocycles. The van der Waals surface area contributed by atoms with Crippen LogP contribution in [0.3, 0.4) is 0 Å². The van der Waals surface area contributed by atoms with Crippen LogP contribution < -0.4 is 4.74 Å². The van der Waals surface area contributed by atoms with E-state index in [1.165, 1.54) is 19.1 Å². The number of carbonyl (C=O) groups is 4. The molecule has 0 atom stereocenters. The Morgan fingerprint density at radius 1 is 0.828 bits per heavy atom. The molecule has 8 heteroatoms. The average Bonchev–Trinajstić information content (AvgIpc) is 2.66. The molecule has 1 aromatic rings. The van der Waals surface area contributed by atoms with Gasteiger partial charge in [-0.25, -0.2) is 4.79 Å². The van der Waals surface area contributed by atoms with Gasteiger partial charge in [-0.2, -0.15) is 0 Å². The fourth-order valence-electron chi connectivity index (χ4n) is 2.48. The van der Waals surface area contributed by atoms with E-state index in [9.17, 15) is 19.2 Å². The summed E-state index contributed by atoms with van der Waals surface area (Å²) in [5, 5.41) is 8.52. The molecule has 1 aromatic carbocycles. The summed E-state index contributed by atoms with van der Waals surface area (Å²) in [6.45, 7) is 1.76. The summed E-state index contributed by atoms with van der Waals surface area (Å²) in [6, 6.07) is 6.36. The number of aliphatic carboxylic acids is 1. The highest BCUT2D eigenvalue weighted by atomic mass is 16.5. The molecule has 0 spiro atoms. The molecule has 0 saturated carbocycles. The third-order valence-corrected chi connectivity index (χ3v) is 3.92. The fourth-order valence-corrected chi connectivity index (χ4v) is 2.48. The van der Waals surface area contributed by atoms with Gasteiger partial charge in [-0.15, -0.1) is 0 Å². The van der Waals surface area contributed by atoms with Gasteiger partial charge in [-0.3, -0.25) is 14.4 Å². The third-order valence-electron chi connectivity index (χ3n) is 3.92. The van der Waals surface area contributed by atoms with Gasteiger partial charge in [0, 0.05) is 19.8 Å². The molecule has 0 heterocycles. The monoisotopic (exact) mass is 408 g/mol. The summed E-state index contributed by atoms with van der Waals surface area (Å²) in [7, 11) is 0. The minimum atomic E-state index is -0.818. The molecule has 0 fully saturated rings. The predicted molar refractivity (Wildman–Crippen MR) is 104 cm³/mol. The number of ether oxygens (including phenoxy) is 3. The van der Waals surface area contributed by atoms with Crippen molar-refractivity contribution in [2.24, 2.45) is 0 Å². The van der Waals surface area contributed by atoms with Crippen LogP contribution in [0.5, 0.6) is 5.75 Å². The Kier molecular flexibility index (Phi) is 11.8. The molecule has 0 unspecified atom stereocenters. The first-order chi connectivity index (χ1) is 13.9. The molecule has 0 bridgehead atoms. The maximum atomic E-state index is 12.1. The Balaban J connectivity index is 2.11. The second-order valence-corrected chi connectivity index (χ2v) is 6.46. The van der Waals surface area contributed by atoms with Gasteiger partial charge in [0.05, 0.1) is 13.2 Å². The minimum Gasteiger partial charge on any atom is -0.481 e. The van der Waals surface area contributed by atoms with Crippen LogP contribution >= 0.6 is 0 Å². The van der Waals surface area contributed by atoms with Crippen molar-refractivity contribution >= 4 is 23.9 Å². The Hall–Kier alpha value is -2.90. The van der Waals surface area contributed by atoms with Gasteiger partial charge in [-0.05, 0) is 50.7 Å². The summed E-state index contributed by atoms with van der Waals surface area (Å²) in [4.78, 5) is 45.1. The SMILES string of the molecule is CC(=O)Oc1ccccc1C(=O)OCCCCCC(=O)OCCCCCC(=O)O. The largest absolute Gasteiger partial charge is 0.481 e. The van der Waals surface area contributed by atoms with Crippen LogP contribution in [-0.4, -0.2) is 42.2 Å². The highest BCUT2D eigenvalue weighted by molar-refractivity contribution is 5.93. The lowest BCUT2D eigenvalue weighted by atomic mass is 10.2. The van der Waals surface area contributed by atoms with Crippen molar-refractivity contribution in [3.05, 3.63) is 29.8 Å². The molecule has 29 heavy (non-hydrogen) atoms. The molecule has 0 saturated heterocycles. The van der Waals surface area contributed by atoms with Gasteiger partial charge >= 0.3 is 23.9 Å². The van der Waals surface area contributed by atoms with E-state index in [0.717, 1.165) is 0 Å². The number of benzene rings is 1. The molecule has 8 nitrogen and oxygen atoms in total. The van der Waals surface area contributed by atoms with E-state index in [-0.39, 0.29) is 30.3 Å². The molecule has 0 aliphatic carbocycles. The number of unbranched alkanes of at least 4 members (excludes halogenated alkanes) is 4. The molecular formula is C21H28O8. The van der Waals surface area contributed by atoms with E-state index in [1.807, 2.05) is 0 Å².